The maximum atomic E-state index is 10.0. The zero-order chi connectivity index (χ0) is 9.97. The van der Waals surface area contributed by atoms with Crippen LogP contribution < -0.4 is 0 Å². The Bertz CT molecular complexity index is 411. The minimum atomic E-state index is -0.482. The molecule has 1 atom stereocenters. The van der Waals surface area contributed by atoms with Crippen LogP contribution in [0.1, 0.15) is 16.5 Å². The Morgan fingerprint density at radius 1 is 1.21 bits per heavy atom. The predicted molar refractivity (Wildman–Crippen MR) is 67.5 cm³/mol. The zero-order valence-electron chi connectivity index (χ0n) is 7.35. The van der Waals surface area contributed by atoms with E-state index < -0.39 is 6.10 Å². The Hall–Kier alpha value is -0.390. The third-order valence-corrected chi connectivity index (χ3v) is 3.57. The third-order valence-electron chi connectivity index (χ3n) is 1.98. The highest BCUT2D eigenvalue weighted by Crippen LogP contribution is 2.26. The number of halogens is 1. The molecule has 72 valence electrons. The molecule has 0 fully saturated rings. The molecule has 1 heterocycles. The molecule has 1 unspecified atom stereocenters. The molecule has 14 heavy (non-hydrogen) atoms. The molecule has 2 aromatic rings. The van der Waals surface area contributed by atoms with Gasteiger partial charge in [-0.25, -0.2) is 0 Å². The molecule has 0 amide bonds. The van der Waals surface area contributed by atoms with Gasteiger partial charge < -0.3 is 5.11 Å². The number of aliphatic hydroxyl groups excluding tert-OH is 1. The second-order valence-corrected chi connectivity index (χ2v) is 5.20. The normalized spacial score (nSPS) is 12.7. The van der Waals surface area contributed by atoms with E-state index in [9.17, 15) is 5.11 Å². The van der Waals surface area contributed by atoms with E-state index in [1.54, 1.807) is 11.3 Å². The Morgan fingerprint density at radius 2 is 2.07 bits per heavy atom. The van der Waals surface area contributed by atoms with Crippen LogP contribution in [-0.2, 0) is 0 Å². The van der Waals surface area contributed by atoms with E-state index in [-0.39, 0.29) is 0 Å². The molecule has 0 aliphatic heterocycles. The lowest BCUT2D eigenvalue weighted by Crippen LogP contribution is -1.96. The maximum absolute atomic E-state index is 10.0. The Labute approximate surface area is 101 Å². The number of hydrogen-bond acceptors (Lipinski definition) is 2. The van der Waals surface area contributed by atoms with Crippen molar-refractivity contribution in [2.75, 3.05) is 0 Å². The van der Waals surface area contributed by atoms with Gasteiger partial charge in [-0.05, 0) is 51.7 Å². The molecule has 0 aliphatic rings. The molecule has 0 spiro atoms. The minimum absolute atomic E-state index is 0.482. The average molecular weight is 316 g/mol. The van der Waals surface area contributed by atoms with E-state index in [0.29, 0.717) is 0 Å². The van der Waals surface area contributed by atoms with Gasteiger partial charge in [-0.2, -0.15) is 0 Å². The molecule has 1 aromatic heterocycles. The van der Waals surface area contributed by atoms with Crippen molar-refractivity contribution in [1.82, 2.24) is 0 Å². The summed E-state index contributed by atoms with van der Waals surface area (Å²) in [7, 11) is 0. The molecule has 1 nitrogen and oxygen atoms in total. The predicted octanol–water partition coefficient (Wildman–Crippen LogP) is 3.43. The summed E-state index contributed by atoms with van der Waals surface area (Å²) in [5.41, 5.74) is 0.958. The van der Waals surface area contributed by atoms with Crippen molar-refractivity contribution in [2.45, 2.75) is 6.10 Å². The van der Waals surface area contributed by atoms with Gasteiger partial charge in [-0.15, -0.1) is 11.3 Å². The van der Waals surface area contributed by atoms with E-state index in [0.717, 1.165) is 14.0 Å². The quantitative estimate of drug-likeness (QED) is 0.842. The van der Waals surface area contributed by atoms with Crippen LogP contribution in [0.25, 0.3) is 0 Å². The Morgan fingerprint density at radius 3 is 2.71 bits per heavy atom. The monoisotopic (exact) mass is 316 g/mol. The van der Waals surface area contributed by atoms with Gasteiger partial charge in [0, 0.05) is 8.45 Å². The summed E-state index contributed by atoms with van der Waals surface area (Å²) >= 11 is 3.83. The van der Waals surface area contributed by atoms with Crippen LogP contribution in [0.3, 0.4) is 0 Å². The molecule has 0 saturated heterocycles. The number of benzene rings is 1. The van der Waals surface area contributed by atoms with E-state index in [2.05, 4.69) is 22.6 Å². The average Bonchev–Trinajstić information content (AvgIpc) is 2.69. The summed E-state index contributed by atoms with van der Waals surface area (Å²) < 4.78 is 1.15. The molecular formula is C11H9IOS. The second-order valence-electron chi connectivity index (χ2n) is 2.97. The van der Waals surface area contributed by atoms with E-state index in [4.69, 9.17) is 0 Å². The summed E-state index contributed by atoms with van der Waals surface area (Å²) in [5.74, 6) is 0. The van der Waals surface area contributed by atoms with Crippen molar-refractivity contribution in [3.63, 3.8) is 0 Å². The van der Waals surface area contributed by atoms with Crippen LogP contribution in [0, 0.1) is 3.57 Å². The fourth-order valence-electron chi connectivity index (χ4n) is 1.29. The van der Waals surface area contributed by atoms with Gasteiger partial charge in [0.05, 0.1) is 0 Å². The zero-order valence-corrected chi connectivity index (χ0v) is 10.3. The highest BCUT2D eigenvalue weighted by atomic mass is 127. The topological polar surface area (TPSA) is 20.2 Å². The summed E-state index contributed by atoms with van der Waals surface area (Å²) in [6.45, 7) is 0. The first kappa shape index (κ1) is 10.1. The Kier molecular flexibility index (Phi) is 3.20. The summed E-state index contributed by atoms with van der Waals surface area (Å²) in [6.07, 6.45) is -0.482. The van der Waals surface area contributed by atoms with Gasteiger partial charge in [0.15, 0.2) is 0 Å². The molecule has 0 saturated carbocycles. The van der Waals surface area contributed by atoms with Crippen molar-refractivity contribution >= 4 is 33.9 Å². The lowest BCUT2D eigenvalue weighted by Gasteiger charge is -2.08. The largest absolute Gasteiger partial charge is 0.383 e. The second kappa shape index (κ2) is 4.42. The lowest BCUT2D eigenvalue weighted by molar-refractivity contribution is 0.224. The summed E-state index contributed by atoms with van der Waals surface area (Å²) in [6, 6.07) is 11.9. The molecular weight excluding hydrogens is 307 g/mol. The highest BCUT2D eigenvalue weighted by Gasteiger charge is 2.10. The van der Waals surface area contributed by atoms with Crippen molar-refractivity contribution in [2.24, 2.45) is 0 Å². The molecule has 0 bridgehead atoms. The number of aliphatic hydroxyl groups is 1. The first-order valence-electron chi connectivity index (χ1n) is 4.24. The fourth-order valence-corrected chi connectivity index (χ4v) is 2.59. The molecule has 3 heteroatoms. The van der Waals surface area contributed by atoms with Gasteiger partial charge in [-0.3, -0.25) is 0 Å². The van der Waals surface area contributed by atoms with Crippen LogP contribution in [0.15, 0.2) is 41.8 Å². The lowest BCUT2D eigenvalue weighted by atomic mass is 10.1. The van der Waals surface area contributed by atoms with Gasteiger partial charge in [0.2, 0.25) is 0 Å². The SMILES string of the molecule is OC(c1cccc(I)c1)c1cccs1. The van der Waals surface area contributed by atoms with Crippen molar-refractivity contribution in [1.29, 1.82) is 0 Å². The Balaban J connectivity index is 2.32. The first-order chi connectivity index (χ1) is 6.77. The van der Waals surface area contributed by atoms with Crippen molar-refractivity contribution in [3.05, 3.63) is 55.8 Å². The van der Waals surface area contributed by atoms with Crippen LogP contribution in [0.2, 0.25) is 0 Å². The van der Waals surface area contributed by atoms with Gasteiger partial charge >= 0.3 is 0 Å². The van der Waals surface area contributed by atoms with Crippen LogP contribution in [0.4, 0.5) is 0 Å². The highest BCUT2D eigenvalue weighted by molar-refractivity contribution is 14.1. The third kappa shape index (κ3) is 2.16. The molecule has 2 rings (SSSR count). The molecule has 0 aliphatic carbocycles. The number of hydrogen-bond donors (Lipinski definition) is 1. The van der Waals surface area contributed by atoms with Crippen LogP contribution in [-0.4, -0.2) is 5.11 Å². The van der Waals surface area contributed by atoms with E-state index in [1.807, 2.05) is 41.8 Å². The van der Waals surface area contributed by atoms with E-state index >= 15 is 0 Å². The first-order valence-corrected chi connectivity index (χ1v) is 6.20. The van der Waals surface area contributed by atoms with E-state index in [1.165, 1.54) is 0 Å². The maximum Gasteiger partial charge on any atom is 0.113 e. The van der Waals surface area contributed by atoms with Crippen molar-refractivity contribution < 1.29 is 5.11 Å². The molecule has 1 aromatic carbocycles. The minimum Gasteiger partial charge on any atom is -0.383 e. The van der Waals surface area contributed by atoms with Crippen LogP contribution >= 0.6 is 33.9 Å². The fraction of sp³-hybridized carbons (Fsp3) is 0.0909. The summed E-state index contributed by atoms with van der Waals surface area (Å²) in [5, 5.41) is 12.0. The summed E-state index contributed by atoms with van der Waals surface area (Å²) in [4.78, 5) is 0.993. The van der Waals surface area contributed by atoms with Gasteiger partial charge in [0.1, 0.15) is 6.10 Å². The van der Waals surface area contributed by atoms with Crippen LogP contribution in [0.5, 0.6) is 0 Å². The van der Waals surface area contributed by atoms with Crippen molar-refractivity contribution in [3.8, 4) is 0 Å². The standard InChI is InChI=1S/C11H9IOS/c12-9-4-1-3-8(7-9)11(13)10-5-2-6-14-10/h1-7,11,13H. The smallest absolute Gasteiger partial charge is 0.113 e. The van der Waals surface area contributed by atoms with Gasteiger partial charge in [0.25, 0.3) is 0 Å². The molecule has 1 N–H and O–H groups in total. The number of rotatable bonds is 2. The molecule has 0 radical (unpaired) electrons. The number of thiophene rings is 1. The van der Waals surface area contributed by atoms with Gasteiger partial charge in [-0.1, -0.05) is 18.2 Å².